The maximum Gasteiger partial charge on any atom is 0.313 e. The van der Waals surface area contributed by atoms with E-state index in [9.17, 15) is 9.59 Å². The zero-order chi connectivity index (χ0) is 12.1. The first-order valence-corrected chi connectivity index (χ1v) is 5.59. The first-order valence-electron chi connectivity index (χ1n) is 5.59. The average Bonchev–Trinajstić information content (AvgIpc) is 2.80. The summed E-state index contributed by atoms with van der Waals surface area (Å²) >= 11 is 0. The van der Waals surface area contributed by atoms with Gasteiger partial charge in [-0.25, -0.2) is 0 Å². The number of methoxy groups -OCH3 is 2. The van der Waals surface area contributed by atoms with E-state index in [-0.39, 0.29) is 29.2 Å². The zero-order valence-electron chi connectivity index (χ0n) is 10.2. The lowest BCUT2D eigenvalue weighted by molar-refractivity contribution is -0.204. The van der Waals surface area contributed by atoms with Gasteiger partial charge in [0.15, 0.2) is 0 Å². The van der Waals surface area contributed by atoms with Gasteiger partial charge in [-0.15, -0.1) is 0 Å². The molecule has 4 nitrogen and oxygen atoms in total. The third-order valence-electron chi connectivity index (χ3n) is 4.86. The number of esters is 2. The van der Waals surface area contributed by atoms with E-state index in [4.69, 9.17) is 9.47 Å². The highest BCUT2D eigenvalue weighted by atomic mass is 16.5. The van der Waals surface area contributed by atoms with Gasteiger partial charge in [0.2, 0.25) is 0 Å². The lowest BCUT2D eigenvalue weighted by atomic mass is 9.44. The number of rotatable bonds is 2. The largest absolute Gasteiger partial charge is 0.469 e. The fourth-order valence-electron chi connectivity index (χ4n) is 3.95. The van der Waals surface area contributed by atoms with Gasteiger partial charge in [-0.05, 0) is 24.2 Å². The van der Waals surface area contributed by atoms with E-state index < -0.39 is 5.41 Å². The van der Waals surface area contributed by atoms with Gasteiger partial charge in [0.25, 0.3) is 0 Å². The lowest BCUT2D eigenvalue weighted by Crippen LogP contribution is -2.63. The van der Waals surface area contributed by atoms with Crippen LogP contribution in [0.25, 0.3) is 0 Å². The summed E-state index contributed by atoms with van der Waals surface area (Å²) in [6.07, 6.45) is 1.64. The van der Waals surface area contributed by atoms with E-state index in [1.165, 1.54) is 14.2 Å². The Balaban J connectivity index is 2.39. The van der Waals surface area contributed by atoms with Crippen molar-refractivity contribution in [3.63, 3.8) is 0 Å². The summed E-state index contributed by atoms with van der Waals surface area (Å²) in [7, 11) is 2.76. The van der Waals surface area contributed by atoms with Crippen molar-refractivity contribution < 1.29 is 19.1 Å². The first kappa shape index (κ1) is 11.4. The van der Waals surface area contributed by atoms with Crippen LogP contribution in [0.1, 0.15) is 26.7 Å². The summed E-state index contributed by atoms with van der Waals surface area (Å²) in [6.45, 7) is 4.09. The Labute approximate surface area is 95.3 Å². The van der Waals surface area contributed by atoms with Gasteiger partial charge in [-0.1, -0.05) is 13.8 Å². The van der Waals surface area contributed by atoms with Crippen LogP contribution in [0, 0.1) is 22.7 Å². The Morgan fingerprint density at radius 2 is 1.81 bits per heavy atom. The van der Waals surface area contributed by atoms with Gasteiger partial charge in [-0.3, -0.25) is 9.59 Å². The molecular formula is C12H18O4. The zero-order valence-corrected chi connectivity index (χ0v) is 10.2. The molecule has 0 unspecified atom stereocenters. The summed E-state index contributed by atoms with van der Waals surface area (Å²) in [5.41, 5.74) is -0.807. The van der Waals surface area contributed by atoms with Crippen LogP contribution < -0.4 is 0 Å². The van der Waals surface area contributed by atoms with Crippen LogP contribution in [-0.4, -0.2) is 26.2 Å². The van der Waals surface area contributed by atoms with Crippen LogP contribution in [0.3, 0.4) is 0 Å². The Bertz CT molecular complexity index is 347. The molecule has 0 spiro atoms. The number of carbonyl (C=O) groups excluding carboxylic acids is 2. The van der Waals surface area contributed by atoms with Crippen LogP contribution in [-0.2, 0) is 19.1 Å². The molecule has 3 atom stereocenters. The van der Waals surface area contributed by atoms with E-state index in [1.807, 2.05) is 13.8 Å². The van der Waals surface area contributed by atoms with Crippen molar-refractivity contribution in [1.82, 2.24) is 0 Å². The standard InChI is InChI=1S/C12H18O4/c1-11(2)7-5-6-12(11,10(14)16-4)8(7)9(13)15-3/h7-8H,5-6H2,1-4H3/t7-,8-,12+/m0/s1. The minimum atomic E-state index is -0.653. The van der Waals surface area contributed by atoms with E-state index in [1.54, 1.807) is 0 Å². The molecule has 0 aromatic rings. The van der Waals surface area contributed by atoms with Crippen molar-refractivity contribution in [3.05, 3.63) is 0 Å². The molecule has 0 aromatic heterocycles. The van der Waals surface area contributed by atoms with Crippen molar-refractivity contribution in [2.45, 2.75) is 26.7 Å². The molecule has 3 rings (SSSR count). The Hall–Kier alpha value is -1.06. The van der Waals surface area contributed by atoms with Crippen molar-refractivity contribution in [2.24, 2.45) is 22.7 Å². The molecule has 0 heterocycles. The van der Waals surface area contributed by atoms with Crippen LogP contribution >= 0.6 is 0 Å². The van der Waals surface area contributed by atoms with Crippen LogP contribution in [0.15, 0.2) is 0 Å². The second-order valence-electron chi connectivity index (χ2n) is 5.33. The van der Waals surface area contributed by atoms with Gasteiger partial charge in [-0.2, -0.15) is 0 Å². The molecule has 3 saturated carbocycles. The molecule has 0 aromatic carbocycles. The fraction of sp³-hybridized carbons (Fsp3) is 0.833. The van der Waals surface area contributed by atoms with Crippen molar-refractivity contribution in [2.75, 3.05) is 14.2 Å². The van der Waals surface area contributed by atoms with Crippen molar-refractivity contribution in [1.29, 1.82) is 0 Å². The fourth-order valence-corrected chi connectivity index (χ4v) is 3.95. The molecule has 3 fully saturated rings. The molecule has 0 amide bonds. The Kier molecular flexibility index (Phi) is 2.30. The molecule has 0 N–H and O–H groups in total. The lowest BCUT2D eigenvalue weighted by Gasteiger charge is -2.57. The van der Waals surface area contributed by atoms with Crippen LogP contribution in [0.5, 0.6) is 0 Å². The highest BCUT2D eigenvalue weighted by Crippen LogP contribution is 2.74. The second kappa shape index (κ2) is 3.22. The summed E-state index contributed by atoms with van der Waals surface area (Å²) in [5, 5.41) is 0. The Morgan fingerprint density at radius 1 is 1.19 bits per heavy atom. The monoisotopic (exact) mass is 226 g/mol. The molecule has 0 aliphatic heterocycles. The quantitative estimate of drug-likeness (QED) is 0.667. The predicted octanol–water partition coefficient (Wildman–Crippen LogP) is 1.38. The van der Waals surface area contributed by atoms with Gasteiger partial charge < -0.3 is 9.47 Å². The van der Waals surface area contributed by atoms with Gasteiger partial charge in [0.1, 0.15) is 0 Å². The number of ether oxygens (including phenoxy) is 2. The maximum absolute atomic E-state index is 12.0. The van der Waals surface area contributed by atoms with Crippen molar-refractivity contribution in [3.8, 4) is 0 Å². The molecule has 90 valence electrons. The van der Waals surface area contributed by atoms with Crippen LogP contribution in [0.2, 0.25) is 0 Å². The summed E-state index contributed by atoms with van der Waals surface area (Å²) in [4.78, 5) is 23.7. The summed E-state index contributed by atoms with van der Waals surface area (Å²) in [5.74, 6) is -0.590. The van der Waals surface area contributed by atoms with Gasteiger partial charge in [0.05, 0.1) is 25.6 Å². The third-order valence-corrected chi connectivity index (χ3v) is 4.86. The van der Waals surface area contributed by atoms with Gasteiger partial charge >= 0.3 is 11.9 Å². The highest BCUT2D eigenvalue weighted by molar-refractivity contribution is 5.90. The summed E-state index contributed by atoms with van der Waals surface area (Å²) < 4.78 is 9.69. The minimum Gasteiger partial charge on any atom is -0.469 e. The van der Waals surface area contributed by atoms with E-state index in [0.29, 0.717) is 0 Å². The summed E-state index contributed by atoms with van der Waals surface area (Å²) in [6, 6.07) is 0. The number of fused-ring (bicyclic) bond motifs is 1. The molecule has 2 bridgehead atoms. The number of hydrogen-bond donors (Lipinski definition) is 0. The molecule has 16 heavy (non-hydrogen) atoms. The minimum absolute atomic E-state index is 0.154. The molecule has 0 saturated heterocycles. The predicted molar refractivity (Wildman–Crippen MR) is 56.5 cm³/mol. The molecular weight excluding hydrogens is 208 g/mol. The third kappa shape index (κ3) is 0.955. The highest BCUT2D eigenvalue weighted by Gasteiger charge is 2.78. The van der Waals surface area contributed by atoms with E-state index in [0.717, 1.165) is 12.8 Å². The number of carbonyl (C=O) groups is 2. The van der Waals surface area contributed by atoms with Gasteiger partial charge in [0, 0.05) is 0 Å². The second-order valence-corrected chi connectivity index (χ2v) is 5.33. The van der Waals surface area contributed by atoms with Crippen molar-refractivity contribution >= 4 is 11.9 Å². The van der Waals surface area contributed by atoms with Crippen LogP contribution in [0.4, 0.5) is 0 Å². The topological polar surface area (TPSA) is 52.6 Å². The Morgan fingerprint density at radius 3 is 2.25 bits per heavy atom. The average molecular weight is 226 g/mol. The van der Waals surface area contributed by atoms with E-state index in [2.05, 4.69) is 0 Å². The van der Waals surface area contributed by atoms with E-state index >= 15 is 0 Å². The molecule has 3 aliphatic carbocycles. The SMILES string of the molecule is COC(=O)[C@@H]1[C@@H]2CC[C@@]1(C(=O)OC)C2(C)C. The number of hydrogen-bond acceptors (Lipinski definition) is 4. The maximum atomic E-state index is 12.0. The molecule has 3 aliphatic rings. The smallest absolute Gasteiger partial charge is 0.313 e. The normalized spacial score (nSPS) is 38.8. The first-order chi connectivity index (χ1) is 7.43. The molecule has 0 radical (unpaired) electrons. The molecule has 4 heteroatoms.